The van der Waals surface area contributed by atoms with Crippen molar-refractivity contribution in [1.29, 1.82) is 0 Å². The van der Waals surface area contributed by atoms with E-state index < -0.39 is 24.0 Å². The number of anilines is 2. The first-order valence-corrected chi connectivity index (χ1v) is 11.6. The van der Waals surface area contributed by atoms with Gasteiger partial charge in [-0.2, -0.15) is 13.2 Å². The smallest absolute Gasteiger partial charge is 0.327 e. The number of carbonyl (C=O) groups is 1. The highest BCUT2D eigenvalue weighted by atomic mass is 32.2. The van der Waals surface area contributed by atoms with E-state index in [0.29, 0.717) is 37.1 Å². The minimum absolute atomic E-state index is 0.0530. The predicted molar refractivity (Wildman–Crippen MR) is 119 cm³/mol. The van der Waals surface area contributed by atoms with Crippen LogP contribution < -0.4 is 20.8 Å². The molecule has 0 spiro atoms. The number of alkyl halides is 3. The Hall–Kier alpha value is -2.43. The number of nitrogens with zero attached hydrogens (tertiary/aromatic N) is 5. The fourth-order valence-electron chi connectivity index (χ4n) is 3.57. The summed E-state index contributed by atoms with van der Waals surface area (Å²) in [6.07, 6.45) is -4.37. The predicted octanol–water partition coefficient (Wildman–Crippen LogP) is 1.53. The summed E-state index contributed by atoms with van der Waals surface area (Å²) in [4.78, 5) is 37.9. The van der Waals surface area contributed by atoms with Gasteiger partial charge in [0.25, 0.3) is 5.56 Å². The maximum absolute atomic E-state index is 13.3. The minimum atomic E-state index is -5.21. The first-order valence-electron chi connectivity index (χ1n) is 10.6. The van der Waals surface area contributed by atoms with Gasteiger partial charge in [0.1, 0.15) is 0 Å². The van der Waals surface area contributed by atoms with Crippen LogP contribution >= 0.6 is 11.8 Å². The molecule has 0 aromatic carbocycles. The highest BCUT2D eigenvalue weighted by Gasteiger charge is 2.50. The van der Waals surface area contributed by atoms with E-state index in [0.717, 1.165) is 17.9 Å². The number of piperazine rings is 1. The third-order valence-electron chi connectivity index (χ3n) is 5.24. The van der Waals surface area contributed by atoms with Gasteiger partial charge in [-0.25, -0.2) is 9.78 Å². The molecule has 0 bridgehead atoms. The highest BCUT2D eigenvalue weighted by molar-refractivity contribution is 7.99. The van der Waals surface area contributed by atoms with Crippen LogP contribution in [-0.2, 0) is 16.7 Å². The van der Waals surface area contributed by atoms with Crippen LogP contribution in [-0.4, -0.2) is 71.4 Å². The number of fused-ring (bicyclic) bond motifs is 1. The standard InChI is InChI=1S/C20H27F3N6O3S/c1-4-6-10-28-14-15(25-18(26(3)16(14)30)33-13-7-5-2)29(32-17(31)20(21,22)23)19(28)27-11-8-24-9-12-27/h19,24H,5,7-13H2,1-3H3. The van der Waals surface area contributed by atoms with Gasteiger partial charge in [0, 0.05) is 39.0 Å². The van der Waals surface area contributed by atoms with E-state index in [9.17, 15) is 22.8 Å². The van der Waals surface area contributed by atoms with Gasteiger partial charge in [-0.05, 0) is 13.3 Å². The average Bonchev–Trinajstić information content (AvgIpc) is 3.08. The van der Waals surface area contributed by atoms with Gasteiger partial charge in [-0.3, -0.25) is 14.3 Å². The fourth-order valence-corrected chi connectivity index (χ4v) is 4.61. The molecule has 2 aliphatic rings. The van der Waals surface area contributed by atoms with Gasteiger partial charge in [0.2, 0.25) is 0 Å². The molecule has 13 heteroatoms. The van der Waals surface area contributed by atoms with Crippen LogP contribution in [0.3, 0.4) is 0 Å². The molecule has 0 amide bonds. The summed E-state index contributed by atoms with van der Waals surface area (Å²) in [5.41, 5.74) is -0.388. The summed E-state index contributed by atoms with van der Waals surface area (Å²) in [6.45, 7) is 5.81. The molecule has 2 aliphatic heterocycles. The summed E-state index contributed by atoms with van der Waals surface area (Å²) in [5.74, 6) is 3.81. The summed E-state index contributed by atoms with van der Waals surface area (Å²) in [6, 6.07) is 0. The molecule has 1 unspecified atom stereocenters. The van der Waals surface area contributed by atoms with Crippen molar-refractivity contribution in [3.8, 4) is 11.8 Å². The molecule has 1 aromatic rings. The van der Waals surface area contributed by atoms with Crippen LogP contribution in [0.15, 0.2) is 9.95 Å². The highest BCUT2D eigenvalue weighted by Crippen LogP contribution is 2.39. The average molecular weight is 489 g/mol. The minimum Gasteiger partial charge on any atom is -0.327 e. The maximum Gasteiger partial charge on any atom is 0.493 e. The van der Waals surface area contributed by atoms with Crippen LogP contribution in [0.2, 0.25) is 0 Å². The molecule has 1 N–H and O–H groups in total. The fraction of sp³-hybridized carbons (Fsp3) is 0.650. The van der Waals surface area contributed by atoms with Crippen LogP contribution in [0.1, 0.15) is 26.7 Å². The van der Waals surface area contributed by atoms with Gasteiger partial charge in [-0.1, -0.05) is 31.0 Å². The second kappa shape index (κ2) is 10.7. The monoisotopic (exact) mass is 488 g/mol. The molecule has 1 fully saturated rings. The number of unbranched alkanes of at least 4 members (excludes halogenated alkanes) is 1. The van der Waals surface area contributed by atoms with Crippen LogP contribution in [0, 0.1) is 11.8 Å². The van der Waals surface area contributed by atoms with Crippen molar-refractivity contribution in [3.63, 3.8) is 0 Å². The van der Waals surface area contributed by atoms with E-state index in [-0.39, 0.29) is 18.1 Å². The second-order valence-corrected chi connectivity index (χ2v) is 8.58. The van der Waals surface area contributed by atoms with Crippen molar-refractivity contribution >= 4 is 29.2 Å². The van der Waals surface area contributed by atoms with Crippen LogP contribution in [0.25, 0.3) is 0 Å². The largest absolute Gasteiger partial charge is 0.493 e. The number of carbonyl (C=O) groups excluding carboxylic acids is 1. The van der Waals surface area contributed by atoms with E-state index in [1.54, 1.807) is 18.9 Å². The Morgan fingerprint density at radius 2 is 2.03 bits per heavy atom. The molecule has 0 radical (unpaired) electrons. The molecule has 0 saturated carbocycles. The zero-order valence-corrected chi connectivity index (χ0v) is 19.6. The molecule has 1 saturated heterocycles. The van der Waals surface area contributed by atoms with Gasteiger partial charge in [-0.15, -0.1) is 11.0 Å². The maximum atomic E-state index is 13.3. The number of hydrogen-bond donors (Lipinski definition) is 1. The molecule has 182 valence electrons. The van der Waals surface area contributed by atoms with Crippen molar-refractivity contribution in [1.82, 2.24) is 19.8 Å². The summed E-state index contributed by atoms with van der Waals surface area (Å²) in [5, 5.41) is 4.33. The Bertz CT molecular complexity index is 984. The van der Waals surface area contributed by atoms with Gasteiger partial charge >= 0.3 is 12.1 Å². The molecule has 1 aromatic heterocycles. The topological polar surface area (TPSA) is 82.9 Å². The Labute approximate surface area is 194 Å². The number of hydroxylamine groups is 1. The number of hydrogen-bond acceptors (Lipinski definition) is 9. The Balaban J connectivity index is 2.13. The van der Waals surface area contributed by atoms with Crippen molar-refractivity contribution in [2.24, 2.45) is 7.05 Å². The van der Waals surface area contributed by atoms with Crippen molar-refractivity contribution in [3.05, 3.63) is 10.4 Å². The molecule has 1 atom stereocenters. The Kier molecular flexibility index (Phi) is 8.14. The quantitative estimate of drug-likeness (QED) is 0.266. The molecular weight excluding hydrogens is 461 g/mol. The zero-order chi connectivity index (χ0) is 24.2. The summed E-state index contributed by atoms with van der Waals surface area (Å²) in [7, 11) is 1.57. The summed E-state index contributed by atoms with van der Waals surface area (Å²) >= 11 is 1.33. The lowest BCUT2D eigenvalue weighted by Gasteiger charge is -2.40. The van der Waals surface area contributed by atoms with Crippen molar-refractivity contribution < 1.29 is 22.8 Å². The third kappa shape index (κ3) is 5.39. The number of rotatable bonds is 7. The van der Waals surface area contributed by atoms with E-state index in [1.165, 1.54) is 16.3 Å². The SMILES string of the molecule is CC#CCN1c2c(nc(SCCCC)n(C)c2=O)N(OC(=O)C(F)(F)F)C1N1CCNCC1. The normalized spacial score (nSPS) is 18.7. The lowest BCUT2D eigenvalue weighted by Crippen LogP contribution is -2.61. The molecule has 9 nitrogen and oxygen atoms in total. The molecule has 3 rings (SSSR count). The lowest BCUT2D eigenvalue weighted by atomic mass is 10.3. The van der Waals surface area contributed by atoms with Crippen LogP contribution in [0.5, 0.6) is 0 Å². The molecule has 0 aliphatic carbocycles. The van der Waals surface area contributed by atoms with Gasteiger partial charge in [0.15, 0.2) is 23.0 Å². The van der Waals surface area contributed by atoms with Crippen LogP contribution in [0.4, 0.5) is 24.7 Å². The van der Waals surface area contributed by atoms with E-state index in [1.807, 2.05) is 11.8 Å². The first kappa shape index (κ1) is 25.2. The Morgan fingerprint density at radius 3 is 2.64 bits per heavy atom. The van der Waals surface area contributed by atoms with Gasteiger partial charge in [0.05, 0.1) is 6.54 Å². The molecular formula is C20H27F3N6O3S. The van der Waals surface area contributed by atoms with E-state index >= 15 is 0 Å². The first-order chi connectivity index (χ1) is 15.7. The molecule has 3 heterocycles. The number of nitrogens with one attached hydrogen (secondary N) is 1. The lowest BCUT2D eigenvalue weighted by molar-refractivity contribution is -0.203. The van der Waals surface area contributed by atoms with E-state index in [4.69, 9.17) is 4.84 Å². The molecule has 33 heavy (non-hydrogen) atoms. The Morgan fingerprint density at radius 1 is 1.33 bits per heavy atom. The summed E-state index contributed by atoms with van der Waals surface area (Å²) < 4.78 is 40.7. The number of aromatic nitrogens is 2. The van der Waals surface area contributed by atoms with Crippen molar-refractivity contribution in [2.45, 2.75) is 44.3 Å². The van der Waals surface area contributed by atoms with Crippen molar-refractivity contribution in [2.75, 3.05) is 48.4 Å². The number of thioether (sulfide) groups is 1. The third-order valence-corrected chi connectivity index (χ3v) is 6.35. The van der Waals surface area contributed by atoms with E-state index in [2.05, 4.69) is 22.1 Å². The van der Waals surface area contributed by atoms with Gasteiger partial charge < -0.3 is 15.1 Å². The zero-order valence-electron chi connectivity index (χ0n) is 18.7. The second-order valence-electron chi connectivity index (χ2n) is 7.52. The number of halogens is 3.